The highest BCUT2D eigenvalue weighted by Gasteiger charge is 2.27. The van der Waals surface area contributed by atoms with Crippen LogP contribution in [-0.2, 0) is 0 Å². The summed E-state index contributed by atoms with van der Waals surface area (Å²) in [6.45, 7) is 4.44. The molecule has 3 rings (SSSR count). The molecule has 23 heavy (non-hydrogen) atoms. The van der Waals surface area contributed by atoms with Crippen LogP contribution in [0.1, 0.15) is 38.5 Å². The van der Waals surface area contributed by atoms with Gasteiger partial charge in [0.15, 0.2) is 0 Å². The van der Waals surface area contributed by atoms with Crippen molar-refractivity contribution in [3.8, 4) is 0 Å². The Labute approximate surface area is 143 Å². The molecular formula is C18H26ClN3O. The van der Waals surface area contributed by atoms with Gasteiger partial charge in [-0.2, -0.15) is 0 Å². The SMILES string of the molecule is O=C(Nc1ccc(Cl)cc1)N1CCCC[C@H]1CCN1CCCC1. The van der Waals surface area contributed by atoms with E-state index in [0.717, 1.165) is 38.0 Å². The van der Waals surface area contributed by atoms with Crippen LogP contribution in [0.5, 0.6) is 0 Å². The molecule has 1 N–H and O–H groups in total. The van der Waals surface area contributed by atoms with Gasteiger partial charge in [0.25, 0.3) is 0 Å². The van der Waals surface area contributed by atoms with Crippen molar-refractivity contribution in [3.63, 3.8) is 0 Å². The smallest absolute Gasteiger partial charge is 0.322 e. The summed E-state index contributed by atoms with van der Waals surface area (Å²) in [4.78, 5) is 17.2. The number of hydrogen-bond donors (Lipinski definition) is 1. The molecule has 5 heteroatoms. The molecule has 0 saturated carbocycles. The first kappa shape index (κ1) is 16.6. The van der Waals surface area contributed by atoms with Crippen LogP contribution in [0.25, 0.3) is 0 Å². The number of likely N-dealkylation sites (tertiary alicyclic amines) is 2. The van der Waals surface area contributed by atoms with Gasteiger partial charge in [-0.15, -0.1) is 0 Å². The molecule has 2 aliphatic rings. The van der Waals surface area contributed by atoms with E-state index in [9.17, 15) is 4.79 Å². The van der Waals surface area contributed by atoms with Crippen LogP contribution in [-0.4, -0.2) is 48.1 Å². The van der Waals surface area contributed by atoms with Crippen molar-refractivity contribution in [1.29, 1.82) is 0 Å². The standard InChI is InChI=1S/C18H26ClN3O/c19-15-6-8-16(9-7-15)20-18(23)22-13-2-1-5-17(22)10-14-21-11-3-4-12-21/h6-9,17H,1-5,10-14H2,(H,20,23)/t17-/m0/s1. The third-order valence-corrected chi connectivity index (χ3v) is 5.21. The van der Waals surface area contributed by atoms with Crippen LogP contribution in [0.4, 0.5) is 10.5 Å². The number of rotatable bonds is 4. The molecule has 2 heterocycles. The first-order valence-corrected chi connectivity index (χ1v) is 9.16. The second-order valence-corrected chi connectivity index (χ2v) is 7.05. The van der Waals surface area contributed by atoms with E-state index < -0.39 is 0 Å². The maximum Gasteiger partial charge on any atom is 0.322 e. The number of piperidine rings is 1. The number of anilines is 1. The molecule has 4 nitrogen and oxygen atoms in total. The normalized spacial score (nSPS) is 22.3. The molecule has 1 aromatic carbocycles. The molecule has 0 radical (unpaired) electrons. The highest BCUT2D eigenvalue weighted by Crippen LogP contribution is 2.22. The Hall–Kier alpha value is -1.26. The molecule has 126 valence electrons. The summed E-state index contributed by atoms with van der Waals surface area (Å²) in [7, 11) is 0. The minimum Gasteiger partial charge on any atom is -0.322 e. The molecule has 2 fully saturated rings. The van der Waals surface area contributed by atoms with Crippen LogP contribution in [0, 0.1) is 0 Å². The summed E-state index contributed by atoms with van der Waals surface area (Å²) in [5.74, 6) is 0. The summed E-state index contributed by atoms with van der Waals surface area (Å²) >= 11 is 5.90. The topological polar surface area (TPSA) is 35.6 Å². The van der Waals surface area contributed by atoms with E-state index in [-0.39, 0.29) is 6.03 Å². The zero-order valence-corrected chi connectivity index (χ0v) is 14.4. The average molecular weight is 336 g/mol. The highest BCUT2D eigenvalue weighted by molar-refractivity contribution is 6.30. The number of nitrogens with zero attached hydrogens (tertiary/aromatic N) is 2. The number of carbonyl (C=O) groups is 1. The Morgan fingerprint density at radius 1 is 1.09 bits per heavy atom. The monoisotopic (exact) mass is 335 g/mol. The number of halogens is 1. The van der Waals surface area contributed by atoms with Gasteiger partial charge >= 0.3 is 6.03 Å². The number of nitrogens with one attached hydrogen (secondary N) is 1. The largest absolute Gasteiger partial charge is 0.322 e. The Morgan fingerprint density at radius 3 is 2.52 bits per heavy atom. The van der Waals surface area contributed by atoms with E-state index in [2.05, 4.69) is 10.2 Å². The van der Waals surface area contributed by atoms with E-state index >= 15 is 0 Å². The van der Waals surface area contributed by atoms with Crippen molar-refractivity contribution in [3.05, 3.63) is 29.3 Å². The van der Waals surface area contributed by atoms with E-state index in [4.69, 9.17) is 11.6 Å². The first-order chi connectivity index (χ1) is 11.2. The summed E-state index contributed by atoms with van der Waals surface area (Å²) in [6, 6.07) is 7.71. The fraction of sp³-hybridized carbons (Fsp3) is 0.611. The minimum absolute atomic E-state index is 0.0263. The molecule has 1 atom stereocenters. The fourth-order valence-electron chi connectivity index (χ4n) is 3.63. The lowest BCUT2D eigenvalue weighted by molar-refractivity contribution is 0.149. The first-order valence-electron chi connectivity index (χ1n) is 8.78. The van der Waals surface area contributed by atoms with Gasteiger partial charge in [-0.25, -0.2) is 4.79 Å². The van der Waals surface area contributed by atoms with Crippen LogP contribution >= 0.6 is 11.6 Å². The molecule has 0 aliphatic carbocycles. The molecule has 0 spiro atoms. The third-order valence-electron chi connectivity index (χ3n) is 4.96. The number of amides is 2. The molecule has 0 unspecified atom stereocenters. The third kappa shape index (κ3) is 4.61. The Morgan fingerprint density at radius 2 is 1.78 bits per heavy atom. The van der Waals surface area contributed by atoms with E-state index in [1.165, 1.54) is 32.4 Å². The second kappa shape index (κ2) is 8.02. The van der Waals surface area contributed by atoms with Gasteiger partial charge in [0.2, 0.25) is 0 Å². The Bertz CT molecular complexity index is 514. The van der Waals surface area contributed by atoms with Crippen molar-refractivity contribution in [2.45, 2.75) is 44.6 Å². The summed E-state index contributed by atoms with van der Waals surface area (Å²) in [5.41, 5.74) is 0.809. The predicted octanol–water partition coefficient (Wildman–Crippen LogP) is 4.21. The van der Waals surface area contributed by atoms with Crippen LogP contribution in [0.2, 0.25) is 5.02 Å². The van der Waals surface area contributed by atoms with Crippen LogP contribution in [0.15, 0.2) is 24.3 Å². The number of hydrogen-bond acceptors (Lipinski definition) is 2. The van der Waals surface area contributed by atoms with E-state index in [0.29, 0.717) is 11.1 Å². The Kier molecular flexibility index (Phi) is 5.79. The fourth-order valence-corrected chi connectivity index (χ4v) is 3.76. The molecule has 2 aliphatic heterocycles. The molecule has 0 bridgehead atoms. The van der Waals surface area contributed by atoms with E-state index in [1.54, 1.807) is 12.1 Å². The van der Waals surface area contributed by atoms with Gasteiger partial charge in [0.1, 0.15) is 0 Å². The van der Waals surface area contributed by atoms with Crippen molar-refractivity contribution < 1.29 is 4.79 Å². The number of urea groups is 1. The van der Waals surface area contributed by atoms with Gasteiger partial charge in [-0.05, 0) is 75.9 Å². The van der Waals surface area contributed by atoms with Crippen LogP contribution in [0.3, 0.4) is 0 Å². The lowest BCUT2D eigenvalue weighted by atomic mass is 9.99. The zero-order valence-electron chi connectivity index (χ0n) is 13.6. The Balaban J connectivity index is 1.55. The highest BCUT2D eigenvalue weighted by atomic mass is 35.5. The average Bonchev–Trinajstić information content (AvgIpc) is 3.09. The molecule has 2 amide bonds. The zero-order chi connectivity index (χ0) is 16.1. The van der Waals surface area contributed by atoms with Crippen LogP contribution < -0.4 is 5.32 Å². The van der Waals surface area contributed by atoms with E-state index in [1.807, 2.05) is 17.0 Å². The molecular weight excluding hydrogens is 310 g/mol. The number of benzene rings is 1. The summed E-state index contributed by atoms with van der Waals surface area (Å²) in [5, 5.41) is 3.70. The van der Waals surface area contributed by atoms with Crippen molar-refractivity contribution in [1.82, 2.24) is 9.80 Å². The maximum atomic E-state index is 12.6. The summed E-state index contributed by atoms with van der Waals surface area (Å²) in [6.07, 6.45) is 7.20. The second-order valence-electron chi connectivity index (χ2n) is 6.62. The molecule has 2 saturated heterocycles. The molecule has 1 aromatic rings. The van der Waals surface area contributed by atoms with Gasteiger partial charge < -0.3 is 15.1 Å². The predicted molar refractivity (Wildman–Crippen MR) is 95.1 cm³/mol. The van der Waals surface area contributed by atoms with Gasteiger partial charge in [0.05, 0.1) is 0 Å². The van der Waals surface area contributed by atoms with Gasteiger partial charge in [-0.3, -0.25) is 0 Å². The maximum absolute atomic E-state index is 12.6. The van der Waals surface area contributed by atoms with Gasteiger partial charge in [0, 0.05) is 29.8 Å². The quantitative estimate of drug-likeness (QED) is 0.894. The summed E-state index contributed by atoms with van der Waals surface area (Å²) < 4.78 is 0. The lowest BCUT2D eigenvalue weighted by Gasteiger charge is -2.36. The van der Waals surface area contributed by atoms with Crippen molar-refractivity contribution >= 4 is 23.3 Å². The minimum atomic E-state index is 0.0263. The van der Waals surface area contributed by atoms with Crippen molar-refractivity contribution in [2.24, 2.45) is 0 Å². The number of carbonyl (C=O) groups excluding carboxylic acids is 1. The van der Waals surface area contributed by atoms with Gasteiger partial charge in [-0.1, -0.05) is 11.6 Å². The molecule has 0 aromatic heterocycles. The van der Waals surface area contributed by atoms with Crippen molar-refractivity contribution in [2.75, 3.05) is 31.5 Å². The lowest BCUT2D eigenvalue weighted by Crippen LogP contribution is -2.47.